The van der Waals surface area contributed by atoms with Gasteiger partial charge in [0, 0.05) is 10.2 Å². The Bertz CT molecular complexity index is 661. The largest absolute Gasteiger partial charge is 0.279 e. The summed E-state index contributed by atoms with van der Waals surface area (Å²) in [5, 5.41) is -0.00333. The molecule has 1 heterocycles. The van der Waals surface area contributed by atoms with Crippen molar-refractivity contribution in [3.8, 4) is 0 Å². The van der Waals surface area contributed by atoms with Crippen LogP contribution in [0.5, 0.6) is 0 Å². The van der Waals surface area contributed by atoms with Gasteiger partial charge in [0.2, 0.25) is 5.28 Å². The van der Waals surface area contributed by atoms with Crippen molar-refractivity contribution >= 4 is 43.2 Å². The zero-order valence-corrected chi connectivity index (χ0v) is 12.0. The molecule has 0 spiro atoms. The molecule has 18 heavy (non-hydrogen) atoms. The summed E-state index contributed by atoms with van der Waals surface area (Å²) in [7, 11) is -3.70. The number of anilines is 1. The van der Waals surface area contributed by atoms with Gasteiger partial charge in [-0.25, -0.2) is 18.4 Å². The van der Waals surface area contributed by atoms with Crippen molar-refractivity contribution < 1.29 is 8.42 Å². The molecular formula is C10H7BrClN3O2S. The molecule has 0 amide bonds. The summed E-state index contributed by atoms with van der Waals surface area (Å²) in [4.78, 5) is 7.21. The average molecular weight is 349 g/mol. The minimum Gasteiger partial charge on any atom is -0.279 e. The summed E-state index contributed by atoms with van der Waals surface area (Å²) in [5.41, 5.74) is 0.444. The fourth-order valence-electron chi connectivity index (χ4n) is 1.21. The summed E-state index contributed by atoms with van der Waals surface area (Å²) < 4.78 is 27.1. The molecule has 1 aromatic carbocycles. The Morgan fingerprint density at radius 2 is 1.89 bits per heavy atom. The van der Waals surface area contributed by atoms with E-state index in [-0.39, 0.29) is 10.2 Å². The molecule has 0 saturated carbocycles. The molecule has 2 aromatic rings. The Labute approximate surface area is 117 Å². The van der Waals surface area contributed by atoms with Crippen LogP contribution in [0, 0.1) is 0 Å². The van der Waals surface area contributed by atoms with Gasteiger partial charge in [0.05, 0.1) is 12.4 Å². The number of rotatable bonds is 3. The second-order valence-electron chi connectivity index (χ2n) is 3.30. The number of aromatic nitrogens is 2. The maximum absolute atomic E-state index is 12.0. The first kappa shape index (κ1) is 13.3. The molecule has 0 fully saturated rings. The van der Waals surface area contributed by atoms with Crippen LogP contribution in [0.25, 0.3) is 0 Å². The number of hydrogen-bond donors (Lipinski definition) is 1. The molecule has 0 saturated heterocycles. The van der Waals surface area contributed by atoms with Gasteiger partial charge in [0.1, 0.15) is 4.90 Å². The van der Waals surface area contributed by atoms with E-state index in [1.165, 1.54) is 0 Å². The number of halogens is 2. The molecule has 1 N–H and O–H groups in total. The molecule has 0 aliphatic heterocycles. The van der Waals surface area contributed by atoms with Crippen LogP contribution < -0.4 is 4.72 Å². The summed E-state index contributed by atoms with van der Waals surface area (Å²) in [6, 6.07) is 6.80. The van der Waals surface area contributed by atoms with Crippen molar-refractivity contribution in [1.82, 2.24) is 9.97 Å². The smallest absolute Gasteiger partial charge is 0.264 e. The van der Waals surface area contributed by atoms with Gasteiger partial charge in [-0.1, -0.05) is 22.0 Å². The molecule has 0 aliphatic carbocycles. The summed E-state index contributed by atoms with van der Waals surface area (Å²) in [6.45, 7) is 0. The van der Waals surface area contributed by atoms with Crippen LogP contribution in [-0.2, 0) is 10.0 Å². The average Bonchev–Trinajstić information content (AvgIpc) is 2.29. The first-order valence-electron chi connectivity index (χ1n) is 4.73. The van der Waals surface area contributed by atoms with Crippen LogP contribution >= 0.6 is 27.5 Å². The highest BCUT2D eigenvalue weighted by Gasteiger charge is 2.15. The fourth-order valence-corrected chi connectivity index (χ4v) is 2.64. The first-order chi connectivity index (χ1) is 8.47. The molecule has 2 rings (SSSR count). The molecular weight excluding hydrogens is 342 g/mol. The van der Waals surface area contributed by atoms with Gasteiger partial charge in [-0.05, 0) is 29.8 Å². The lowest BCUT2D eigenvalue weighted by molar-refractivity contribution is 0.600. The van der Waals surface area contributed by atoms with Crippen molar-refractivity contribution in [3.05, 3.63) is 46.4 Å². The predicted molar refractivity (Wildman–Crippen MR) is 72.0 cm³/mol. The van der Waals surface area contributed by atoms with E-state index in [4.69, 9.17) is 11.6 Å². The lowest BCUT2D eigenvalue weighted by atomic mass is 10.3. The molecule has 0 atom stereocenters. The molecule has 0 bridgehead atoms. The highest BCUT2D eigenvalue weighted by Crippen LogP contribution is 2.19. The van der Waals surface area contributed by atoms with E-state index in [9.17, 15) is 8.42 Å². The van der Waals surface area contributed by atoms with Crippen LogP contribution in [0.1, 0.15) is 0 Å². The van der Waals surface area contributed by atoms with Gasteiger partial charge in [-0.15, -0.1) is 0 Å². The summed E-state index contributed by atoms with van der Waals surface area (Å²) in [5.74, 6) is 0. The zero-order valence-electron chi connectivity index (χ0n) is 8.84. The number of hydrogen-bond acceptors (Lipinski definition) is 4. The van der Waals surface area contributed by atoms with Crippen molar-refractivity contribution in [2.24, 2.45) is 0 Å². The van der Waals surface area contributed by atoms with Gasteiger partial charge < -0.3 is 0 Å². The van der Waals surface area contributed by atoms with E-state index in [1.807, 2.05) is 0 Å². The number of nitrogens with one attached hydrogen (secondary N) is 1. The molecule has 1 aromatic heterocycles. The van der Waals surface area contributed by atoms with E-state index >= 15 is 0 Å². The van der Waals surface area contributed by atoms with Gasteiger partial charge in [0.25, 0.3) is 10.0 Å². The monoisotopic (exact) mass is 347 g/mol. The Hall–Kier alpha value is -1.18. The summed E-state index contributed by atoms with van der Waals surface area (Å²) >= 11 is 8.76. The molecule has 8 heteroatoms. The molecule has 0 unspecified atom stereocenters. The van der Waals surface area contributed by atoms with Crippen molar-refractivity contribution in [2.75, 3.05) is 4.72 Å². The molecule has 5 nitrogen and oxygen atoms in total. The van der Waals surface area contributed by atoms with Crippen LogP contribution in [0.3, 0.4) is 0 Å². The highest BCUT2D eigenvalue weighted by molar-refractivity contribution is 9.10. The van der Waals surface area contributed by atoms with E-state index in [2.05, 4.69) is 30.6 Å². The van der Waals surface area contributed by atoms with Crippen molar-refractivity contribution in [3.63, 3.8) is 0 Å². The van der Waals surface area contributed by atoms with Crippen LogP contribution in [-0.4, -0.2) is 18.4 Å². The molecule has 0 aliphatic rings. The van der Waals surface area contributed by atoms with E-state index in [0.717, 1.165) is 16.9 Å². The maximum Gasteiger partial charge on any atom is 0.264 e. The van der Waals surface area contributed by atoms with Gasteiger partial charge in [0.15, 0.2) is 0 Å². The zero-order chi connectivity index (χ0) is 13.2. The lowest BCUT2D eigenvalue weighted by Gasteiger charge is -2.07. The third kappa shape index (κ3) is 3.18. The van der Waals surface area contributed by atoms with Gasteiger partial charge in [-0.3, -0.25) is 4.72 Å². The Balaban J connectivity index is 2.30. The van der Waals surface area contributed by atoms with Crippen LogP contribution in [0.15, 0.2) is 46.0 Å². The first-order valence-corrected chi connectivity index (χ1v) is 7.39. The second-order valence-corrected chi connectivity index (χ2v) is 6.24. The normalized spacial score (nSPS) is 11.2. The van der Waals surface area contributed by atoms with Crippen LogP contribution in [0.4, 0.5) is 5.69 Å². The summed E-state index contributed by atoms with van der Waals surface area (Å²) in [6.07, 6.45) is 2.30. The molecule has 94 valence electrons. The third-order valence-electron chi connectivity index (χ3n) is 1.98. The standard InChI is InChI=1S/C10H7BrClN3O2S/c11-7-2-1-3-8(4-7)15-18(16,17)9-5-13-10(12)14-6-9/h1-6,15H. The minimum atomic E-state index is -3.70. The van der Waals surface area contributed by atoms with Gasteiger partial charge in [-0.2, -0.15) is 0 Å². The third-order valence-corrected chi connectivity index (χ3v) is 4.01. The number of benzene rings is 1. The Morgan fingerprint density at radius 1 is 1.22 bits per heavy atom. The maximum atomic E-state index is 12.0. The Kier molecular flexibility index (Phi) is 3.84. The predicted octanol–water partition coefficient (Wildman–Crippen LogP) is 2.69. The second kappa shape index (κ2) is 5.21. The van der Waals surface area contributed by atoms with E-state index < -0.39 is 10.0 Å². The van der Waals surface area contributed by atoms with E-state index in [0.29, 0.717) is 5.69 Å². The van der Waals surface area contributed by atoms with Crippen LogP contribution in [0.2, 0.25) is 5.28 Å². The molecule has 0 radical (unpaired) electrons. The fraction of sp³-hybridized carbons (Fsp3) is 0. The van der Waals surface area contributed by atoms with Crippen molar-refractivity contribution in [1.29, 1.82) is 0 Å². The lowest BCUT2D eigenvalue weighted by Crippen LogP contribution is -2.13. The Morgan fingerprint density at radius 3 is 2.50 bits per heavy atom. The number of sulfonamides is 1. The van der Waals surface area contributed by atoms with Crippen molar-refractivity contribution in [2.45, 2.75) is 4.90 Å². The topological polar surface area (TPSA) is 72.0 Å². The van der Waals surface area contributed by atoms with Gasteiger partial charge >= 0.3 is 0 Å². The van der Waals surface area contributed by atoms with E-state index in [1.54, 1.807) is 24.3 Å². The highest BCUT2D eigenvalue weighted by atomic mass is 79.9. The number of nitrogens with zero attached hydrogens (tertiary/aromatic N) is 2. The SMILES string of the molecule is O=S(=O)(Nc1cccc(Br)c1)c1cnc(Cl)nc1. The minimum absolute atomic E-state index is 0.00333. The quantitative estimate of drug-likeness (QED) is 0.866.